The summed E-state index contributed by atoms with van der Waals surface area (Å²) in [5, 5.41) is 11.6. The molecule has 6 nitrogen and oxygen atoms in total. The number of hydrogen-bond donors (Lipinski definition) is 2. The van der Waals surface area contributed by atoms with Crippen LogP contribution in [0.4, 0.5) is 5.82 Å². The van der Waals surface area contributed by atoms with E-state index in [9.17, 15) is 4.79 Å². The minimum absolute atomic E-state index is 0.00144. The molecule has 94 valence electrons. The third kappa shape index (κ3) is 3.42. The largest absolute Gasteiger partial charge is 0.464 e. The number of carbonyl (C=O) groups is 1. The van der Waals surface area contributed by atoms with Crippen LogP contribution in [0.1, 0.15) is 17.4 Å². The molecule has 0 aliphatic rings. The highest BCUT2D eigenvalue weighted by Crippen LogP contribution is 2.25. The molecule has 1 aromatic heterocycles. The van der Waals surface area contributed by atoms with Gasteiger partial charge in [-0.05, 0) is 18.5 Å². The van der Waals surface area contributed by atoms with E-state index in [-0.39, 0.29) is 34.5 Å². The Balaban J connectivity index is 3.14. The van der Waals surface area contributed by atoms with Gasteiger partial charge in [0.25, 0.3) is 0 Å². The molecule has 8 heteroatoms. The van der Waals surface area contributed by atoms with Gasteiger partial charge in [-0.25, -0.2) is 9.78 Å². The Morgan fingerprint density at radius 1 is 1.53 bits per heavy atom. The molecule has 1 atom stereocenters. The average Bonchev–Trinajstić information content (AvgIpc) is 2.32. The first-order valence-electron chi connectivity index (χ1n) is 4.68. The Hall–Kier alpha value is -1.11. The van der Waals surface area contributed by atoms with E-state index in [1.165, 1.54) is 7.11 Å². The van der Waals surface area contributed by atoms with Gasteiger partial charge in [0.2, 0.25) is 5.28 Å². The van der Waals surface area contributed by atoms with Crippen molar-refractivity contribution in [3.8, 4) is 0 Å². The van der Waals surface area contributed by atoms with Crippen molar-refractivity contribution in [3.63, 3.8) is 0 Å². The number of hydrogen-bond acceptors (Lipinski definition) is 6. The number of ether oxygens (including phenoxy) is 1. The molecular formula is C9H11Cl2N3O3. The fourth-order valence-electron chi connectivity index (χ4n) is 1.03. The van der Waals surface area contributed by atoms with E-state index in [0.717, 1.165) is 0 Å². The second-order valence-corrected chi connectivity index (χ2v) is 3.94. The number of aliphatic hydroxyl groups is 1. The number of rotatable bonds is 4. The Morgan fingerprint density at radius 2 is 2.18 bits per heavy atom. The fourth-order valence-corrected chi connectivity index (χ4v) is 1.41. The smallest absolute Gasteiger partial charge is 0.358 e. The first-order valence-corrected chi connectivity index (χ1v) is 5.44. The van der Waals surface area contributed by atoms with Crippen molar-refractivity contribution in [1.29, 1.82) is 0 Å². The first-order chi connectivity index (χ1) is 7.99. The Morgan fingerprint density at radius 3 is 2.71 bits per heavy atom. The lowest BCUT2D eigenvalue weighted by atomic mass is 10.3. The molecule has 0 radical (unpaired) electrons. The molecular weight excluding hydrogens is 269 g/mol. The predicted octanol–water partition coefficient (Wildman–Crippen LogP) is 1.36. The summed E-state index contributed by atoms with van der Waals surface area (Å²) in [6.45, 7) is 1.59. The van der Waals surface area contributed by atoms with Crippen molar-refractivity contribution in [1.82, 2.24) is 9.97 Å². The molecule has 0 spiro atoms. The molecule has 0 bridgehead atoms. The van der Waals surface area contributed by atoms with Gasteiger partial charge in [0.1, 0.15) is 5.02 Å². The van der Waals surface area contributed by atoms with Gasteiger partial charge in [-0.1, -0.05) is 11.6 Å². The monoisotopic (exact) mass is 279 g/mol. The van der Waals surface area contributed by atoms with E-state index in [1.807, 2.05) is 0 Å². The van der Waals surface area contributed by atoms with Gasteiger partial charge in [-0.15, -0.1) is 0 Å². The Bertz CT molecular complexity index is 428. The number of anilines is 1. The number of carbonyl (C=O) groups excluding carboxylic acids is 1. The van der Waals surface area contributed by atoms with E-state index in [4.69, 9.17) is 28.3 Å². The van der Waals surface area contributed by atoms with Gasteiger partial charge in [0, 0.05) is 6.04 Å². The van der Waals surface area contributed by atoms with E-state index in [1.54, 1.807) is 6.92 Å². The van der Waals surface area contributed by atoms with Crippen molar-refractivity contribution in [2.75, 3.05) is 19.0 Å². The molecule has 0 aromatic carbocycles. The molecule has 1 aromatic rings. The third-order valence-electron chi connectivity index (χ3n) is 1.86. The molecule has 0 saturated carbocycles. The lowest BCUT2D eigenvalue weighted by Crippen LogP contribution is -2.21. The number of halogens is 2. The summed E-state index contributed by atoms with van der Waals surface area (Å²) in [5.74, 6) is -0.535. The van der Waals surface area contributed by atoms with Gasteiger partial charge in [-0.3, -0.25) is 0 Å². The number of methoxy groups -OCH3 is 1. The van der Waals surface area contributed by atoms with Gasteiger partial charge >= 0.3 is 5.97 Å². The van der Waals surface area contributed by atoms with Gasteiger partial charge < -0.3 is 15.2 Å². The zero-order chi connectivity index (χ0) is 13.0. The van der Waals surface area contributed by atoms with E-state index < -0.39 is 5.97 Å². The maximum atomic E-state index is 11.4. The molecule has 2 N–H and O–H groups in total. The summed E-state index contributed by atoms with van der Waals surface area (Å²) in [7, 11) is 1.21. The van der Waals surface area contributed by atoms with Crippen LogP contribution < -0.4 is 5.32 Å². The number of aromatic nitrogens is 2. The van der Waals surface area contributed by atoms with Crippen molar-refractivity contribution in [2.45, 2.75) is 13.0 Å². The highest BCUT2D eigenvalue weighted by molar-refractivity contribution is 6.36. The summed E-state index contributed by atoms with van der Waals surface area (Å²) >= 11 is 11.6. The van der Waals surface area contributed by atoms with Crippen LogP contribution in [0.2, 0.25) is 10.3 Å². The SMILES string of the molecule is COC(=O)c1nc(Cl)nc(N[C@H](C)CO)c1Cl. The quantitative estimate of drug-likeness (QED) is 0.640. The van der Waals surface area contributed by atoms with Crippen LogP contribution >= 0.6 is 23.2 Å². The first kappa shape index (κ1) is 14.0. The summed E-state index contributed by atoms with van der Waals surface area (Å²) in [6, 6.07) is -0.288. The second kappa shape index (κ2) is 6.00. The van der Waals surface area contributed by atoms with Crippen LogP contribution in [0.5, 0.6) is 0 Å². The number of esters is 1. The Kier molecular flexibility index (Phi) is 4.92. The van der Waals surface area contributed by atoms with Crippen LogP contribution in [-0.2, 0) is 4.74 Å². The molecule has 1 rings (SSSR count). The number of nitrogens with one attached hydrogen (secondary N) is 1. The van der Waals surface area contributed by atoms with Gasteiger partial charge in [-0.2, -0.15) is 4.98 Å². The standard InChI is InChI=1S/C9H11Cl2N3O3/c1-4(3-15)12-7-5(10)6(8(16)17-2)13-9(11)14-7/h4,15H,3H2,1-2H3,(H,12,13,14)/t4-/m1/s1. The molecule has 0 aliphatic carbocycles. The van der Waals surface area contributed by atoms with Gasteiger partial charge in [0.05, 0.1) is 13.7 Å². The van der Waals surface area contributed by atoms with E-state index >= 15 is 0 Å². The molecule has 17 heavy (non-hydrogen) atoms. The van der Waals surface area contributed by atoms with Crippen LogP contribution in [0, 0.1) is 0 Å². The van der Waals surface area contributed by atoms with Crippen molar-refractivity contribution in [2.24, 2.45) is 0 Å². The third-order valence-corrected chi connectivity index (χ3v) is 2.39. The maximum Gasteiger partial charge on any atom is 0.358 e. The zero-order valence-corrected chi connectivity index (χ0v) is 10.7. The van der Waals surface area contributed by atoms with E-state index in [0.29, 0.717) is 0 Å². The van der Waals surface area contributed by atoms with E-state index in [2.05, 4.69) is 20.0 Å². The van der Waals surface area contributed by atoms with Crippen molar-refractivity contribution < 1.29 is 14.6 Å². The van der Waals surface area contributed by atoms with Gasteiger partial charge in [0.15, 0.2) is 11.5 Å². The minimum atomic E-state index is -0.709. The normalized spacial score (nSPS) is 12.1. The summed E-state index contributed by atoms with van der Waals surface area (Å²) < 4.78 is 4.51. The van der Waals surface area contributed by atoms with Crippen molar-refractivity contribution in [3.05, 3.63) is 16.0 Å². The highest BCUT2D eigenvalue weighted by Gasteiger charge is 2.19. The summed E-state index contributed by atoms with van der Waals surface area (Å²) in [5.41, 5.74) is -0.123. The fraction of sp³-hybridized carbons (Fsp3) is 0.444. The number of nitrogens with zero attached hydrogens (tertiary/aromatic N) is 2. The highest BCUT2D eigenvalue weighted by atomic mass is 35.5. The Labute approximate surface area is 108 Å². The lowest BCUT2D eigenvalue weighted by Gasteiger charge is -2.13. The maximum absolute atomic E-state index is 11.4. The molecule has 0 unspecified atom stereocenters. The van der Waals surface area contributed by atoms with Crippen LogP contribution in [0.25, 0.3) is 0 Å². The lowest BCUT2D eigenvalue weighted by molar-refractivity contribution is 0.0594. The molecule has 0 amide bonds. The zero-order valence-electron chi connectivity index (χ0n) is 9.20. The summed E-state index contributed by atoms with van der Waals surface area (Å²) in [4.78, 5) is 18.9. The summed E-state index contributed by atoms with van der Waals surface area (Å²) in [6.07, 6.45) is 0. The number of aliphatic hydroxyl groups excluding tert-OH is 1. The van der Waals surface area contributed by atoms with Crippen LogP contribution in [0.3, 0.4) is 0 Å². The second-order valence-electron chi connectivity index (χ2n) is 3.22. The molecule has 0 fully saturated rings. The van der Waals surface area contributed by atoms with Crippen LogP contribution in [0.15, 0.2) is 0 Å². The van der Waals surface area contributed by atoms with Crippen LogP contribution in [-0.4, -0.2) is 40.8 Å². The average molecular weight is 280 g/mol. The van der Waals surface area contributed by atoms with Crippen molar-refractivity contribution >= 4 is 35.0 Å². The minimum Gasteiger partial charge on any atom is -0.464 e. The molecule has 1 heterocycles. The predicted molar refractivity (Wildman–Crippen MR) is 63.6 cm³/mol. The molecule has 0 aliphatic heterocycles. The molecule has 0 saturated heterocycles. The topological polar surface area (TPSA) is 84.3 Å².